The Hall–Kier alpha value is -2.20. The van der Waals surface area contributed by atoms with Crippen molar-refractivity contribution in [2.75, 3.05) is 0 Å². The Balaban J connectivity index is 1.80. The Labute approximate surface area is 136 Å². The molecule has 0 spiro atoms. The van der Waals surface area contributed by atoms with Gasteiger partial charge in [0.25, 0.3) is 0 Å². The maximum atomic E-state index is 12.0. The van der Waals surface area contributed by atoms with Gasteiger partial charge in [0, 0.05) is 6.54 Å². The second-order valence-corrected chi connectivity index (χ2v) is 5.73. The highest BCUT2D eigenvalue weighted by molar-refractivity contribution is 7.80. The first-order valence-corrected chi connectivity index (χ1v) is 7.63. The lowest BCUT2D eigenvalue weighted by atomic mass is 10.1. The zero-order valence-electron chi connectivity index (χ0n) is 12.8. The number of rotatable bonds is 4. The molecule has 114 valence electrons. The highest BCUT2D eigenvalue weighted by atomic mass is 32.1. The topological polar surface area (TPSA) is 41.1 Å². The van der Waals surface area contributed by atoms with Crippen molar-refractivity contribution in [3.05, 3.63) is 70.8 Å². The molecule has 0 aliphatic carbocycles. The third kappa shape index (κ3) is 4.97. The van der Waals surface area contributed by atoms with Gasteiger partial charge in [-0.15, -0.1) is 0 Å². The van der Waals surface area contributed by atoms with Crippen LogP contribution < -0.4 is 10.6 Å². The third-order valence-electron chi connectivity index (χ3n) is 3.44. The fourth-order valence-electron chi connectivity index (χ4n) is 2.08. The number of hydrogen-bond acceptors (Lipinski definition) is 2. The molecule has 1 amide bonds. The number of carbonyl (C=O) groups excluding carboxylic acids is 1. The fourth-order valence-corrected chi connectivity index (χ4v) is 2.27. The molecule has 0 saturated carbocycles. The third-order valence-corrected chi connectivity index (χ3v) is 3.69. The first-order valence-electron chi connectivity index (χ1n) is 7.22. The summed E-state index contributed by atoms with van der Waals surface area (Å²) in [6.45, 7) is 4.65. The minimum absolute atomic E-state index is 0.101. The molecule has 2 aromatic rings. The summed E-state index contributed by atoms with van der Waals surface area (Å²) < 4.78 is 0. The molecule has 0 aromatic heterocycles. The number of hydrogen-bond donors (Lipinski definition) is 2. The van der Waals surface area contributed by atoms with Gasteiger partial charge in [-0.2, -0.15) is 0 Å². The molecular weight excluding hydrogens is 292 g/mol. The van der Waals surface area contributed by atoms with Gasteiger partial charge in [-0.3, -0.25) is 4.79 Å². The molecule has 0 heterocycles. The lowest BCUT2D eigenvalue weighted by Gasteiger charge is -2.10. The molecule has 0 aliphatic rings. The molecule has 0 atom stereocenters. The van der Waals surface area contributed by atoms with E-state index in [1.165, 1.54) is 5.56 Å². The van der Waals surface area contributed by atoms with Gasteiger partial charge < -0.3 is 10.6 Å². The van der Waals surface area contributed by atoms with Gasteiger partial charge >= 0.3 is 0 Å². The van der Waals surface area contributed by atoms with Crippen molar-refractivity contribution in [1.29, 1.82) is 0 Å². The highest BCUT2D eigenvalue weighted by Gasteiger charge is 2.07. The molecule has 0 radical (unpaired) electrons. The van der Waals surface area contributed by atoms with Crippen LogP contribution in [0, 0.1) is 13.8 Å². The Bertz CT molecular complexity index is 665. The normalized spacial score (nSPS) is 10.1. The number of nitrogens with one attached hydrogen (secondary N) is 2. The van der Waals surface area contributed by atoms with Crippen LogP contribution in [-0.2, 0) is 17.8 Å². The van der Waals surface area contributed by atoms with Crippen LogP contribution in [0.15, 0.2) is 48.5 Å². The monoisotopic (exact) mass is 312 g/mol. The van der Waals surface area contributed by atoms with Gasteiger partial charge in [-0.25, -0.2) is 0 Å². The van der Waals surface area contributed by atoms with E-state index in [-0.39, 0.29) is 5.91 Å². The van der Waals surface area contributed by atoms with Crippen LogP contribution in [0.1, 0.15) is 22.3 Å². The summed E-state index contributed by atoms with van der Waals surface area (Å²) in [5.74, 6) is -0.101. The Morgan fingerprint density at radius 1 is 1.05 bits per heavy atom. The van der Waals surface area contributed by atoms with Crippen LogP contribution >= 0.6 is 12.2 Å². The zero-order chi connectivity index (χ0) is 15.9. The first kappa shape index (κ1) is 16.2. The maximum Gasteiger partial charge on any atom is 0.230 e. The van der Waals surface area contributed by atoms with Crippen LogP contribution in [-0.4, -0.2) is 11.0 Å². The Morgan fingerprint density at radius 3 is 2.41 bits per heavy atom. The van der Waals surface area contributed by atoms with Crippen molar-refractivity contribution < 1.29 is 4.79 Å². The zero-order valence-corrected chi connectivity index (χ0v) is 13.7. The van der Waals surface area contributed by atoms with Crippen molar-refractivity contribution in [3.63, 3.8) is 0 Å². The van der Waals surface area contributed by atoms with E-state index in [1.807, 2.05) is 50.2 Å². The van der Waals surface area contributed by atoms with Gasteiger partial charge in [0.1, 0.15) is 0 Å². The summed E-state index contributed by atoms with van der Waals surface area (Å²) >= 11 is 5.16. The van der Waals surface area contributed by atoms with E-state index in [1.54, 1.807) is 0 Å². The molecule has 22 heavy (non-hydrogen) atoms. The predicted molar refractivity (Wildman–Crippen MR) is 93.6 cm³/mol. The minimum atomic E-state index is -0.101. The SMILES string of the molecule is Cc1ccc(CNC(=S)NC(=O)Cc2ccccc2C)cc1. The molecule has 2 N–H and O–H groups in total. The Morgan fingerprint density at radius 2 is 1.73 bits per heavy atom. The van der Waals surface area contributed by atoms with Crippen molar-refractivity contribution in [3.8, 4) is 0 Å². The van der Waals surface area contributed by atoms with Crippen LogP contribution in [0.4, 0.5) is 0 Å². The van der Waals surface area contributed by atoms with Crippen molar-refractivity contribution in [2.24, 2.45) is 0 Å². The van der Waals surface area contributed by atoms with Gasteiger partial charge in [0.2, 0.25) is 5.91 Å². The lowest BCUT2D eigenvalue weighted by Crippen LogP contribution is -2.39. The van der Waals surface area contributed by atoms with Gasteiger partial charge in [0.05, 0.1) is 6.42 Å². The number of thiocarbonyl (C=S) groups is 1. The molecule has 0 unspecified atom stereocenters. The molecule has 0 bridgehead atoms. The van der Waals surface area contributed by atoms with Crippen LogP contribution in [0.2, 0.25) is 0 Å². The van der Waals surface area contributed by atoms with E-state index >= 15 is 0 Å². The molecule has 0 saturated heterocycles. The standard InChI is InChI=1S/C18H20N2OS/c1-13-7-9-15(10-8-13)12-19-18(22)20-17(21)11-16-6-4-3-5-14(16)2/h3-10H,11-12H2,1-2H3,(H2,19,20,21,22). The number of benzene rings is 2. The molecular formula is C18H20N2OS. The molecule has 0 aliphatic heterocycles. The summed E-state index contributed by atoms with van der Waals surface area (Å²) in [5.41, 5.74) is 4.47. The first-order chi connectivity index (χ1) is 10.5. The number of carbonyl (C=O) groups is 1. The van der Waals surface area contributed by atoms with Gasteiger partial charge in [-0.05, 0) is 42.8 Å². The van der Waals surface area contributed by atoms with Crippen molar-refractivity contribution in [2.45, 2.75) is 26.8 Å². The predicted octanol–water partition coefficient (Wildman–Crippen LogP) is 3.04. The summed E-state index contributed by atoms with van der Waals surface area (Å²) in [5, 5.41) is 6.13. The van der Waals surface area contributed by atoms with Crippen LogP contribution in [0.25, 0.3) is 0 Å². The van der Waals surface area contributed by atoms with Crippen molar-refractivity contribution >= 4 is 23.2 Å². The van der Waals surface area contributed by atoms with E-state index in [0.29, 0.717) is 18.1 Å². The summed E-state index contributed by atoms with van der Waals surface area (Å²) in [6.07, 6.45) is 0.332. The van der Waals surface area contributed by atoms with Crippen LogP contribution in [0.3, 0.4) is 0 Å². The fraction of sp³-hybridized carbons (Fsp3) is 0.222. The summed E-state index contributed by atoms with van der Waals surface area (Å²) in [7, 11) is 0. The average Bonchev–Trinajstić information content (AvgIpc) is 2.49. The largest absolute Gasteiger partial charge is 0.358 e. The maximum absolute atomic E-state index is 12.0. The van der Waals surface area contributed by atoms with Crippen LogP contribution in [0.5, 0.6) is 0 Å². The molecule has 2 rings (SSSR count). The highest BCUT2D eigenvalue weighted by Crippen LogP contribution is 2.07. The average molecular weight is 312 g/mol. The molecule has 4 heteroatoms. The molecule has 0 fully saturated rings. The summed E-state index contributed by atoms with van der Waals surface area (Å²) in [6, 6.07) is 16.0. The minimum Gasteiger partial charge on any atom is -0.358 e. The molecule has 2 aromatic carbocycles. The van der Waals surface area contributed by atoms with Gasteiger partial charge in [0.15, 0.2) is 5.11 Å². The van der Waals surface area contributed by atoms with E-state index in [4.69, 9.17) is 12.2 Å². The van der Waals surface area contributed by atoms with Gasteiger partial charge in [-0.1, -0.05) is 54.1 Å². The second kappa shape index (κ2) is 7.71. The summed E-state index contributed by atoms with van der Waals surface area (Å²) in [4.78, 5) is 12.0. The smallest absolute Gasteiger partial charge is 0.230 e. The van der Waals surface area contributed by atoms with E-state index in [0.717, 1.165) is 16.7 Å². The lowest BCUT2D eigenvalue weighted by molar-refractivity contribution is -0.119. The Kier molecular flexibility index (Phi) is 5.67. The van der Waals surface area contributed by atoms with E-state index < -0.39 is 0 Å². The second-order valence-electron chi connectivity index (χ2n) is 5.32. The quantitative estimate of drug-likeness (QED) is 0.853. The van der Waals surface area contributed by atoms with E-state index in [9.17, 15) is 4.79 Å². The van der Waals surface area contributed by atoms with Crippen molar-refractivity contribution in [1.82, 2.24) is 10.6 Å². The number of amides is 1. The molecule has 3 nitrogen and oxygen atoms in total. The van der Waals surface area contributed by atoms with E-state index in [2.05, 4.69) is 22.8 Å². The number of aryl methyl sites for hydroxylation is 2.